The number of benzene rings is 1. The maximum atomic E-state index is 13.9. The zero-order chi connectivity index (χ0) is 27.6. The van der Waals surface area contributed by atoms with Crippen LogP contribution >= 0.6 is 0 Å². The van der Waals surface area contributed by atoms with Gasteiger partial charge in [-0.1, -0.05) is 45.4 Å². The first-order valence-electron chi connectivity index (χ1n) is 13.0. The molecule has 0 heterocycles. The van der Waals surface area contributed by atoms with Gasteiger partial charge in [0.1, 0.15) is 17.7 Å². The molecule has 0 aliphatic rings. The van der Waals surface area contributed by atoms with E-state index in [1.165, 1.54) is 4.90 Å². The molecule has 8 heteroatoms. The Morgan fingerprint density at radius 1 is 1.06 bits per heavy atom. The molecule has 3 atom stereocenters. The van der Waals surface area contributed by atoms with Gasteiger partial charge >= 0.3 is 6.09 Å². The second-order valence-electron chi connectivity index (χ2n) is 11.0. The minimum absolute atomic E-state index is 0.0589. The van der Waals surface area contributed by atoms with Crippen molar-refractivity contribution in [1.29, 1.82) is 0 Å². The second kappa shape index (κ2) is 14.2. The molecule has 0 aliphatic carbocycles. The first-order valence-corrected chi connectivity index (χ1v) is 13.0. The van der Waals surface area contributed by atoms with Crippen LogP contribution < -0.4 is 10.6 Å². The monoisotopic (exact) mass is 505 g/mol. The first-order chi connectivity index (χ1) is 16.7. The molecule has 8 nitrogen and oxygen atoms in total. The van der Waals surface area contributed by atoms with E-state index in [0.717, 1.165) is 24.0 Å². The predicted octanol–water partition coefficient (Wildman–Crippen LogP) is 4.41. The van der Waals surface area contributed by atoms with Crippen LogP contribution in [0.5, 0.6) is 0 Å². The molecular formula is C28H47N3O5. The highest BCUT2D eigenvalue weighted by Gasteiger charge is 2.36. The molecule has 0 spiro atoms. The van der Waals surface area contributed by atoms with Gasteiger partial charge in [0.25, 0.3) is 0 Å². The molecule has 0 bridgehead atoms. The van der Waals surface area contributed by atoms with Crippen molar-refractivity contribution >= 4 is 17.9 Å². The summed E-state index contributed by atoms with van der Waals surface area (Å²) in [5.74, 6) is -0.671. The van der Waals surface area contributed by atoms with Crippen LogP contribution in [0.3, 0.4) is 0 Å². The normalized spacial score (nSPS) is 14.1. The smallest absolute Gasteiger partial charge is 0.408 e. The number of hydrogen-bond acceptors (Lipinski definition) is 5. The summed E-state index contributed by atoms with van der Waals surface area (Å²) >= 11 is 0. The van der Waals surface area contributed by atoms with Gasteiger partial charge in [-0.05, 0) is 77.0 Å². The predicted molar refractivity (Wildman–Crippen MR) is 143 cm³/mol. The van der Waals surface area contributed by atoms with Crippen molar-refractivity contribution in [3.63, 3.8) is 0 Å². The van der Waals surface area contributed by atoms with Gasteiger partial charge in [-0.15, -0.1) is 0 Å². The third kappa shape index (κ3) is 10.2. The van der Waals surface area contributed by atoms with Gasteiger partial charge in [0.15, 0.2) is 0 Å². The van der Waals surface area contributed by atoms with Crippen LogP contribution in [0.15, 0.2) is 18.2 Å². The summed E-state index contributed by atoms with van der Waals surface area (Å²) < 4.78 is 5.39. The van der Waals surface area contributed by atoms with Crippen LogP contribution in [-0.4, -0.2) is 58.8 Å². The van der Waals surface area contributed by atoms with Crippen LogP contribution in [0.4, 0.5) is 4.79 Å². The Labute approximate surface area is 217 Å². The van der Waals surface area contributed by atoms with Crippen molar-refractivity contribution in [2.45, 2.75) is 105 Å². The Balaban J connectivity index is 3.48. The lowest BCUT2D eigenvalue weighted by atomic mass is 9.96. The fourth-order valence-electron chi connectivity index (χ4n) is 4.05. The molecule has 0 saturated carbocycles. The van der Waals surface area contributed by atoms with E-state index in [1.807, 2.05) is 59.7 Å². The van der Waals surface area contributed by atoms with E-state index in [0.29, 0.717) is 12.0 Å². The highest BCUT2D eigenvalue weighted by molar-refractivity contribution is 5.92. The minimum Gasteiger partial charge on any atom is -0.444 e. The van der Waals surface area contributed by atoms with E-state index >= 15 is 0 Å². The van der Waals surface area contributed by atoms with Crippen molar-refractivity contribution in [3.05, 3.63) is 34.9 Å². The maximum absolute atomic E-state index is 13.9. The zero-order valence-electron chi connectivity index (χ0n) is 23.6. The Morgan fingerprint density at radius 2 is 1.69 bits per heavy atom. The van der Waals surface area contributed by atoms with Gasteiger partial charge < -0.3 is 25.4 Å². The number of rotatable bonds is 12. The summed E-state index contributed by atoms with van der Waals surface area (Å²) in [6.45, 7) is 16.7. The molecule has 1 rings (SSSR count). The maximum Gasteiger partial charge on any atom is 0.408 e. The molecule has 36 heavy (non-hydrogen) atoms. The van der Waals surface area contributed by atoms with E-state index in [1.54, 1.807) is 20.8 Å². The summed E-state index contributed by atoms with van der Waals surface area (Å²) in [7, 11) is 0. The van der Waals surface area contributed by atoms with Crippen molar-refractivity contribution < 1.29 is 24.2 Å². The third-order valence-electron chi connectivity index (χ3n) is 5.84. The van der Waals surface area contributed by atoms with Gasteiger partial charge in [0.05, 0.1) is 6.61 Å². The highest BCUT2D eigenvalue weighted by atomic mass is 16.6. The number of nitrogens with zero attached hydrogens (tertiary/aromatic N) is 1. The molecule has 204 valence electrons. The van der Waals surface area contributed by atoms with Crippen LogP contribution in [0, 0.1) is 19.8 Å². The number of ether oxygens (including phenoxy) is 1. The molecule has 0 saturated heterocycles. The number of aliphatic hydroxyl groups excluding tert-OH is 1. The highest BCUT2D eigenvalue weighted by Crippen LogP contribution is 2.26. The quantitative estimate of drug-likeness (QED) is 0.390. The van der Waals surface area contributed by atoms with Crippen LogP contribution in [0.2, 0.25) is 0 Å². The summed E-state index contributed by atoms with van der Waals surface area (Å²) in [6, 6.07) is 3.72. The molecular weight excluding hydrogens is 458 g/mol. The largest absolute Gasteiger partial charge is 0.444 e. The summed E-state index contributed by atoms with van der Waals surface area (Å²) in [4.78, 5) is 41.5. The lowest BCUT2D eigenvalue weighted by Crippen LogP contribution is -2.54. The van der Waals surface area contributed by atoms with Crippen LogP contribution in [0.1, 0.15) is 90.5 Å². The van der Waals surface area contributed by atoms with Gasteiger partial charge in [-0.25, -0.2) is 4.79 Å². The van der Waals surface area contributed by atoms with Gasteiger partial charge in [0, 0.05) is 12.6 Å². The number of alkyl carbamates (subject to hydrolysis) is 1. The lowest BCUT2D eigenvalue weighted by Gasteiger charge is -2.35. The van der Waals surface area contributed by atoms with E-state index in [2.05, 4.69) is 10.6 Å². The standard InChI is InChI=1S/C28H47N3O5/c1-10-11-21(6)29-25(33)24(22-13-12-19(4)20(5)17-22)31(14-15-32)26(34)23(16-18(2)3)30-27(35)36-28(7,8)9/h12-13,17-18,21,23-24,32H,10-11,14-16H2,1-9H3,(H,29,33)(H,30,35). The fraction of sp³-hybridized carbons (Fsp3) is 0.679. The molecule has 0 aliphatic heterocycles. The van der Waals surface area contributed by atoms with Crippen molar-refractivity contribution in [3.8, 4) is 0 Å². The molecule has 0 fully saturated rings. The number of carbonyl (C=O) groups is 3. The van der Waals surface area contributed by atoms with Crippen LogP contribution in [-0.2, 0) is 14.3 Å². The van der Waals surface area contributed by atoms with E-state index in [-0.39, 0.29) is 31.0 Å². The number of carbonyl (C=O) groups excluding carboxylic acids is 3. The molecule has 0 aromatic heterocycles. The van der Waals surface area contributed by atoms with Gasteiger partial charge in [-0.3, -0.25) is 9.59 Å². The Bertz CT molecular complexity index is 878. The molecule has 1 aromatic rings. The fourth-order valence-corrected chi connectivity index (χ4v) is 4.05. The number of nitrogens with one attached hydrogen (secondary N) is 2. The molecule has 0 radical (unpaired) electrons. The Morgan fingerprint density at radius 3 is 2.19 bits per heavy atom. The number of aliphatic hydroxyl groups is 1. The van der Waals surface area contributed by atoms with E-state index in [9.17, 15) is 19.5 Å². The minimum atomic E-state index is -0.960. The third-order valence-corrected chi connectivity index (χ3v) is 5.84. The van der Waals surface area contributed by atoms with Gasteiger partial charge in [0.2, 0.25) is 11.8 Å². The van der Waals surface area contributed by atoms with Crippen molar-refractivity contribution in [1.82, 2.24) is 15.5 Å². The summed E-state index contributed by atoms with van der Waals surface area (Å²) in [5.41, 5.74) is 1.99. The van der Waals surface area contributed by atoms with Gasteiger partial charge in [-0.2, -0.15) is 0 Å². The number of hydrogen-bond donors (Lipinski definition) is 3. The Kier molecular flexibility index (Phi) is 12.4. The molecule has 3 amide bonds. The molecule has 3 N–H and O–H groups in total. The summed E-state index contributed by atoms with van der Waals surface area (Å²) in [6.07, 6.45) is 1.36. The topological polar surface area (TPSA) is 108 Å². The summed E-state index contributed by atoms with van der Waals surface area (Å²) in [5, 5.41) is 15.6. The van der Waals surface area contributed by atoms with E-state index < -0.39 is 29.7 Å². The SMILES string of the molecule is CCCC(C)NC(=O)C(c1ccc(C)c(C)c1)N(CCO)C(=O)C(CC(C)C)NC(=O)OC(C)(C)C. The van der Waals surface area contributed by atoms with Crippen molar-refractivity contribution in [2.24, 2.45) is 5.92 Å². The first kappa shape index (κ1) is 31.4. The number of amides is 3. The van der Waals surface area contributed by atoms with Crippen LogP contribution in [0.25, 0.3) is 0 Å². The van der Waals surface area contributed by atoms with E-state index in [4.69, 9.17) is 4.74 Å². The number of aryl methyl sites for hydroxylation is 2. The average Bonchev–Trinajstić information content (AvgIpc) is 2.73. The zero-order valence-corrected chi connectivity index (χ0v) is 23.6. The Hall–Kier alpha value is -2.61. The average molecular weight is 506 g/mol. The van der Waals surface area contributed by atoms with Crippen molar-refractivity contribution in [2.75, 3.05) is 13.2 Å². The second-order valence-corrected chi connectivity index (χ2v) is 11.0. The molecule has 1 aromatic carbocycles. The molecule has 3 unspecified atom stereocenters. The lowest BCUT2D eigenvalue weighted by molar-refractivity contribution is -0.143.